The summed E-state index contributed by atoms with van der Waals surface area (Å²) in [6.07, 6.45) is 2.71. The second-order valence-electron chi connectivity index (χ2n) is 4.33. The zero-order chi connectivity index (χ0) is 13.4. The van der Waals surface area contributed by atoms with E-state index in [4.69, 9.17) is 20.3 Å². The fourth-order valence-electron chi connectivity index (χ4n) is 1.72. The highest BCUT2D eigenvalue weighted by Crippen LogP contribution is 2.28. The van der Waals surface area contributed by atoms with Gasteiger partial charge in [-0.05, 0) is 32.3 Å². The van der Waals surface area contributed by atoms with E-state index < -0.39 is 0 Å². The summed E-state index contributed by atoms with van der Waals surface area (Å²) in [6.45, 7) is 2.80. The molecule has 18 heavy (non-hydrogen) atoms. The minimum Gasteiger partial charge on any atom is -0.497 e. The lowest BCUT2D eigenvalue weighted by Crippen LogP contribution is -2.09. The second-order valence-corrected chi connectivity index (χ2v) is 4.33. The van der Waals surface area contributed by atoms with E-state index in [9.17, 15) is 0 Å². The Morgan fingerprint density at radius 1 is 1.28 bits per heavy atom. The SMILES string of the molecule is COc1ccc(C(C)N)c(OCCCCCO)c1. The third-order valence-electron chi connectivity index (χ3n) is 2.77. The molecule has 0 aromatic heterocycles. The van der Waals surface area contributed by atoms with Gasteiger partial charge in [0.15, 0.2) is 0 Å². The topological polar surface area (TPSA) is 64.7 Å². The van der Waals surface area contributed by atoms with Gasteiger partial charge in [-0.25, -0.2) is 0 Å². The molecule has 0 aliphatic heterocycles. The van der Waals surface area contributed by atoms with Gasteiger partial charge in [0.1, 0.15) is 11.5 Å². The molecule has 0 aliphatic carbocycles. The van der Waals surface area contributed by atoms with Crippen molar-refractivity contribution in [1.82, 2.24) is 0 Å². The first-order chi connectivity index (χ1) is 8.69. The molecule has 0 aliphatic rings. The summed E-state index contributed by atoms with van der Waals surface area (Å²) in [5, 5.41) is 8.69. The van der Waals surface area contributed by atoms with E-state index in [1.807, 2.05) is 25.1 Å². The highest BCUT2D eigenvalue weighted by molar-refractivity contribution is 5.42. The lowest BCUT2D eigenvalue weighted by Gasteiger charge is -2.15. The quantitative estimate of drug-likeness (QED) is 0.697. The number of aliphatic hydroxyl groups is 1. The summed E-state index contributed by atoms with van der Waals surface area (Å²) in [5.41, 5.74) is 6.89. The molecule has 1 rings (SSSR count). The molecule has 3 N–H and O–H groups in total. The van der Waals surface area contributed by atoms with E-state index in [1.165, 1.54) is 0 Å². The van der Waals surface area contributed by atoms with Crippen molar-refractivity contribution in [2.75, 3.05) is 20.3 Å². The molecule has 0 radical (unpaired) electrons. The van der Waals surface area contributed by atoms with Crippen molar-refractivity contribution in [3.8, 4) is 11.5 Å². The van der Waals surface area contributed by atoms with E-state index >= 15 is 0 Å². The third kappa shape index (κ3) is 4.55. The first-order valence-corrected chi connectivity index (χ1v) is 6.36. The summed E-state index contributed by atoms with van der Waals surface area (Å²) in [4.78, 5) is 0. The minimum atomic E-state index is -0.0663. The number of aliphatic hydroxyl groups excluding tert-OH is 1. The van der Waals surface area contributed by atoms with E-state index in [2.05, 4.69) is 0 Å². The summed E-state index contributed by atoms with van der Waals surface area (Å²) < 4.78 is 10.9. The number of rotatable bonds is 8. The molecule has 1 atom stereocenters. The van der Waals surface area contributed by atoms with Gasteiger partial charge in [-0.2, -0.15) is 0 Å². The highest BCUT2D eigenvalue weighted by Gasteiger charge is 2.09. The van der Waals surface area contributed by atoms with Crippen molar-refractivity contribution in [2.45, 2.75) is 32.2 Å². The normalized spacial score (nSPS) is 12.2. The Balaban J connectivity index is 2.60. The Morgan fingerprint density at radius 2 is 2.06 bits per heavy atom. The molecule has 4 nitrogen and oxygen atoms in total. The van der Waals surface area contributed by atoms with Crippen molar-refractivity contribution >= 4 is 0 Å². The summed E-state index contributed by atoms with van der Waals surface area (Å²) >= 11 is 0. The molecular formula is C14H23NO3. The summed E-state index contributed by atoms with van der Waals surface area (Å²) in [7, 11) is 1.63. The molecule has 0 saturated heterocycles. The van der Waals surface area contributed by atoms with Gasteiger partial charge >= 0.3 is 0 Å². The van der Waals surface area contributed by atoms with Crippen LogP contribution >= 0.6 is 0 Å². The minimum absolute atomic E-state index is 0.0663. The van der Waals surface area contributed by atoms with Crippen LogP contribution in [0.1, 0.15) is 37.8 Å². The van der Waals surface area contributed by atoms with Crippen molar-refractivity contribution in [2.24, 2.45) is 5.73 Å². The first-order valence-electron chi connectivity index (χ1n) is 6.36. The second kappa shape index (κ2) is 7.95. The first kappa shape index (κ1) is 14.8. The molecule has 0 spiro atoms. The number of hydrogen-bond donors (Lipinski definition) is 2. The Labute approximate surface area is 109 Å². The maximum absolute atomic E-state index is 8.69. The zero-order valence-electron chi connectivity index (χ0n) is 11.2. The van der Waals surface area contributed by atoms with Crippen LogP contribution in [0.15, 0.2) is 18.2 Å². The number of methoxy groups -OCH3 is 1. The average molecular weight is 253 g/mol. The van der Waals surface area contributed by atoms with E-state index in [-0.39, 0.29) is 12.6 Å². The molecule has 0 heterocycles. The van der Waals surface area contributed by atoms with E-state index in [0.717, 1.165) is 36.3 Å². The van der Waals surface area contributed by atoms with Gasteiger partial charge in [0.05, 0.1) is 13.7 Å². The molecule has 1 unspecified atom stereocenters. The van der Waals surface area contributed by atoms with Gasteiger partial charge in [-0.3, -0.25) is 0 Å². The van der Waals surface area contributed by atoms with Crippen LogP contribution in [-0.2, 0) is 0 Å². The largest absolute Gasteiger partial charge is 0.497 e. The van der Waals surface area contributed by atoms with Crippen LogP contribution in [-0.4, -0.2) is 25.4 Å². The van der Waals surface area contributed by atoms with Gasteiger partial charge in [-0.1, -0.05) is 6.07 Å². The molecule has 1 aromatic carbocycles. The predicted octanol–water partition coefficient (Wildman–Crippen LogP) is 2.26. The standard InChI is InChI=1S/C14H23NO3/c1-11(15)13-7-6-12(17-2)10-14(13)18-9-5-3-4-8-16/h6-7,10-11,16H,3-5,8-9,15H2,1-2H3. The number of unbranched alkanes of at least 4 members (excludes halogenated alkanes) is 2. The lowest BCUT2D eigenvalue weighted by atomic mass is 10.1. The molecule has 0 amide bonds. The average Bonchev–Trinajstić information content (AvgIpc) is 2.38. The van der Waals surface area contributed by atoms with Crippen LogP contribution in [0.2, 0.25) is 0 Å². The number of benzene rings is 1. The van der Waals surface area contributed by atoms with Gasteiger partial charge in [-0.15, -0.1) is 0 Å². The van der Waals surface area contributed by atoms with Gasteiger partial charge in [0.2, 0.25) is 0 Å². The molecule has 0 fully saturated rings. The number of hydrogen-bond acceptors (Lipinski definition) is 4. The van der Waals surface area contributed by atoms with Gasteiger partial charge in [0.25, 0.3) is 0 Å². The molecule has 1 aromatic rings. The lowest BCUT2D eigenvalue weighted by molar-refractivity contribution is 0.264. The maximum Gasteiger partial charge on any atom is 0.127 e. The van der Waals surface area contributed by atoms with Crippen molar-refractivity contribution < 1.29 is 14.6 Å². The number of ether oxygens (including phenoxy) is 2. The van der Waals surface area contributed by atoms with Crippen LogP contribution in [0.25, 0.3) is 0 Å². The third-order valence-corrected chi connectivity index (χ3v) is 2.77. The Bertz CT molecular complexity index is 353. The fraction of sp³-hybridized carbons (Fsp3) is 0.571. The van der Waals surface area contributed by atoms with Crippen molar-refractivity contribution in [3.63, 3.8) is 0 Å². The van der Waals surface area contributed by atoms with E-state index in [1.54, 1.807) is 7.11 Å². The van der Waals surface area contributed by atoms with Crippen LogP contribution in [0, 0.1) is 0 Å². The van der Waals surface area contributed by atoms with Crippen LogP contribution in [0.5, 0.6) is 11.5 Å². The van der Waals surface area contributed by atoms with E-state index in [0.29, 0.717) is 6.61 Å². The van der Waals surface area contributed by atoms with Gasteiger partial charge < -0.3 is 20.3 Å². The molecule has 0 bridgehead atoms. The molecule has 102 valence electrons. The molecule has 4 heteroatoms. The Morgan fingerprint density at radius 3 is 2.67 bits per heavy atom. The fourth-order valence-corrected chi connectivity index (χ4v) is 1.72. The Kier molecular flexibility index (Phi) is 6.54. The molecular weight excluding hydrogens is 230 g/mol. The van der Waals surface area contributed by atoms with Crippen LogP contribution < -0.4 is 15.2 Å². The molecule has 0 saturated carbocycles. The maximum atomic E-state index is 8.69. The highest BCUT2D eigenvalue weighted by atomic mass is 16.5. The van der Waals surface area contributed by atoms with Crippen molar-refractivity contribution in [3.05, 3.63) is 23.8 Å². The van der Waals surface area contributed by atoms with Crippen molar-refractivity contribution in [1.29, 1.82) is 0 Å². The summed E-state index contributed by atoms with van der Waals surface area (Å²) in [5.74, 6) is 1.55. The monoisotopic (exact) mass is 253 g/mol. The van der Waals surface area contributed by atoms with Crippen LogP contribution in [0.3, 0.4) is 0 Å². The van der Waals surface area contributed by atoms with Gasteiger partial charge in [0, 0.05) is 24.3 Å². The smallest absolute Gasteiger partial charge is 0.127 e. The summed E-state index contributed by atoms with van der Waals surface area (Å²) in [6, 6.07) is 5.62. The predicted molar refractivity (Wildman–Crippen MR) is 72.0 cm³/mol. The number of nitrogens with two attached hydrogens (primary N) is 1. The Hall–Kier alpha value is -1.26. The van der Waals surface area contributed by atoms with Crippen LogP contribution in [0.4, 0.5) is 0 Å². The zero-order valence-corrected chi connectivity index (χ0v) is 11.2.